The summed E-state index contributed by atoms with van der Waals surface area (Å²) in [6.45, 7) is 4.07. The molecule has 174 valence electrons. The number of imidazole rings is 1. The lowest BCUT2D eigenvalue weighted by Crippen LogP contribution is -2.37. The van der Waals surface area contributed by atoms with E-state index in [9.17, 15) is 9.90 Å². The zero-order valence-corrected chi connectivity index (χ0v) is 19.4. The number of likely N-dealkylation sites (N-methyl/N-ethyl adjacent to an activating group) is 1. The highest BCUT2D eigenvalue weighted by Crippen LogP contribution is 2.32. The first kappa shape index (κ1) is 21.9. The summed E-state index contributed by atoms with van der Waals surface area (Å²) in [7, 11) is 1.66. The number of aryl methyl sites for hydroxylation is 1. The van der Waals surface area contributed by atoms with Crippen LogP contribution in [0.1, 0.15) is 24.6 Å². The first-order chi connectivity index (χ1) is 16.6. The second kappa shape index (κ2) is 9.15. The van der Waals surface area contributed by atoms with E-state index in [-0.39, 0.29) is 11.7 Å². The van der Waals surface area contributed by atoms with Crippen LogP contribution < -0.4 is 5.32 Å². The Morgan fingerprint density at radius 2 is 2.12 bits per heavy atom. The van der Waals surface area contributed by atoms with Gasteiger partial charge >= 0.3 is 0 Å². The summed E-state index contributed by atoms with van der Waals surface area (Å²) in [5.41, 5.74) is 7.19. The fourth-order valence-electron chi connectivity index (χ4n) is 4.51. The summed E-state index contributed by atoms with van der Waals surface area (Å²) < 4.78 is 0. The number of aromatic nitrogens is 4. The molecule has 2 aromatic carbocycles. The maximum absolute atomic E-state index is 11.6. The lowest BCUT2D eigenvalue weighted by molar-refractivity contribution is -0.121. The highest BCUT2D eigenvalue weighted by Gasteiger charge is 2.18. The summed E-state index contributed by atoms with van der Waals surface area (Å²) in [5.74, 6) is 1.04. The van der Waals surface area contributed by atoms with Gasteiger partial charge in [0.2, 0.25) is 5.91 Å². The number of amides is 1. The van der Waals surface area contributed by atoms with Gasteiger partial charge in [0.1, 0.15) is 11.4 Å². The van der Waals surface area contributed by atoms with E-state index in [0.29, 0.717) is 6.54 Å². The van der Waals surface area contributed by atoms with Crippen molar-refractivity contribution in [3.63, 3.8) is 0 Å². The third-order valence-electron chi connectivity index (χ3n) is 6.43. The van der Waals surface area contributed by atoms with Crippen molar-refractivity contribution in [2.75, 3.05) is 26.7 Å². The second-order valence-electron chi connectivity index (χ2n) is 8.56. The molecule has 0 aliphatic carbocycles. The van der Waals surface area contributed by atoms with Crippen LogP contribution in [0.2, 0.25) is 0 Å². The highest BCUT2D eigenvalue weighted by molar-refractivity contribution is 5.94. The number of nitrogens with zero attached hydrogens (tertiary/aromatic N) is 3. The number of carbonyl (C=O) groups is 1. The summed E-state index contributed by atoms with van der Waals surface area (Å²) >= 11 is 0. The molecule has 5 rings (SSSR count). The first-order valence-electron chi connectivity index (χ1n) is 11.5. The Morgan fingerprint density at radius 3 is 2.88 bits per heavy atom. The largest absolute Gasteiger partial charge is 0.508 e. The van der Waals surface area contributed by atoms with E-state index < -0.39 is 0 Å². The number of nitrogens with one attached hydrogen (secondary N) is 3. The van der Waals surface area contributed by atoms with Crippen molar-refractivity contribution in [2.24, 2.45) is 0 Å². The SMILES string of the molecule is CCc1cc(O)ccc1-c1ccc2c(-c3ncc(C4=CCN(CC(=O)NC)CC4)[nH]3)n[nH]c2c1. The maximum atomic E-state index is 11.6. The standard InChI is InChI=1S/C26H28N6O2/c1-3-16-12-19(33)5-7-20(16)18-4-6-21-22(13-18)30-31-25(21)26-28-14-23(29-26)17-8-10-32(11-9-17)15-24(34)27-2/h4-8,12-14,33H,3,9-11,15H2,1-2H3,(H,27,34)(H,28,29)(H,30,31). The number of aromatic amines is 2. The number of hydrogen-bond donors (Lipinski definition) is 4. The molecule has 4 N–H and O–H groups in total. The predicted molar refractivity (Wildman–Crippen MR) is 133 cm³/mol. The smallest absolute Gasteiger partial charge is 0.233 e. The molecule has 0 saturated carbocycles. The van der Waals surface area contributed by atoms with Crippen molar-refractivity contribution < 1.29 is 9.90 Å². The van der Waals surface area contributed by atoms with Crippen LogP contribution in [0.5, 0.6) is 5.75 Å². The predicted octanol–water partition coefficient (Wildman–Crippen LogP) is 3.72. The van der Waals surface area contributed by atoms with E-state index in [0.717, 1.165) is 70.7 Å². The van der Waals surface area contributed by atoms with Crippen LogP contribution in [-0.4, -0.2) is 62.8 Å². The lowest BCUT2D eigenvalue weighted by atomic mass is 9.97. The molecule has 1 aliphatic rings. The van der Waals surface area contributed by atoms with E-state index in [2.05, 4.69) is 61.6 Å². The molecule has 0 fully saturated rings. The third-order valence-corrected chi connectivity index (χ3v) is 6.43. The normalized spacial score (nSPS) is 14.4. The molecule has 1 aliphatic heterocycles. The Labute approximate surface area is 197 Å². The van der Waals surface area contributed by atoms with Crippen molar-refractivity contribution in [2.45, 2.75) is 19.8 Å². The molecule has 8 heteroatoms. The van der Waals surface area contributed by atoms with Crippen molar-refractivity contribution >= 4 is 22.4 Å². The molecule has 0 unspecified atom stereocenters. The number of phenolic OH excluding ortho intramolecular Hbond substituents is 1. The number of aromatic hydroxyl groups is 1. The van der Waals surface area contributed by atoms with Gasteiger partial charge in [0, 0.05) is 25.5 Å². The van der Waals surface area contributed by atoms with Crippen LogP contribution in [0.25, 0.3) is 39.1 Å². The molecule has 2 aromatic heterocycles. The molecule has 0 spiro atoms. The number of benzene rings is 2. The Morgan fingerprint density at radius 1 is 1.24 bits per heavy atom. The molecule has 8 nitrogen and oxygen atoms in total. The Hall–Kier alpha value is -3.91. The number of fused-ring (bicyclic) bond motifs is 1. The topological polar surface area (TPSA) is 110 Å². The van der Waals surface area contributed by atoms with Crippen LogP contribution >= 0.6 is 0 Å². The minimum absolute atomic E-state index is 0.0329. The Bertz CT molecular complexity index is 1380. The molecule has 34 heavy (non-hydrogen) atoms. The second-order valence-corrected chi connectivity index (χ2v) is 8.56. The third kappa shape index (κ3) is 4.20. The maximum Gasteiger partial charge on any atom is 0.233 e. The van der Waals surface area contributed by atoms with Gasteiger partial charge in [-0.2, -0.15) is 5.10 Å². The van der Waals surface area contributed by atoms with Crippen molar-refractivity contribution in [3.05, 3.63) is 59.9 Å². The fourth-order valence-corrected chi connectivity index (χ4v) is 4.51. The van der Waals surface area contributed by atoms with Gasteiger partial charge < -0.3 is 15.4 Å². The van der Waals surface area contributed by atoms with Gasteiger partial charge in [-0.05, 0) is 59.4 Å². The average molecular weight is 457 g/mol. The summed E-state index contributed by atoms with van der Waals surface area (Å²) in [5, 5.41) is 21.2. The number of H-pyrrole nitrogens is 2. The first-order valence-corrected chi connectivity index (χ1v) is 11.5. The van der Waals surface area contributed by atoms with Gasteiger partial charge in [0.25, 0.3) is 0 Å². The van der Waals surface area contributed by atoms with Crippen LogP contribution in [-0.2, 0) is 11.2 Å². The number of phenols is 1. The molecule has 0 atom stereocenters. The van der Waals surface area contributed by atoms with E-state index in [1.165, 1.54) is 5.57 Å². The van der Waals surface area contributed by atoms with Gasteiger partial charge in [-0.1, -0.05) is 25.1 Å². The van der Waals surface area contributed by atoms with Crippen molar-refractivity contribution in [3.8, 4) is 28.4 Å². The van der Waals surface area contributed by atoms with Crippen LogP contribution in [0.15, 0.2) is 48.7 Å². The Kier molecular flexibility index (Phi) is 5.90. The van der Waals surface area contributed by atoms with Crippen LogP contribution in [0.3, 0.4) is 0 Å². The Balaban J connectivity index is 1.39. The molecule has 0 bridgehead atoms. The minimum Gasteiger partial charge on any atom is -0.508 e. The zero-order valence-electron chi connectivity index (χ0n) is 19.4. The number of rotatable bonds is 6. The molecular formula is C26H28N6O2. The molecule has 0 radical (unpaired) electrons. The summed E-state index contributed by atoms with van der Waals surface area (Å²) in [6, 6.07) is 11.7. The molecule has 0 saturated heterocycles. The van der Waals surface area contributed by atoms with Gasteiger partial charge in [0.15, 0.2) is 5.82 Å². The van der Waals surface area contributed by atoms with Gasteiger partial charge in [0.05, 0.1) is 24.0 Å². The molecule has 4 aromatic rings. The zero-order chi connectivity index (χ0) is 23.7. The minimum atomic E-state index is 0.0329. The molecule has 1 amide bonds. The number of carbonyl (C=O) groups excluding carboxylic acids is 1. The average Bonchev–Trinajstić information content (AvgIpc) is 3.51. The summed E-state index contributed by atoms with van der Waals surface area (Å²) in [4.78, 5) is 21.8. The van der Waals surface area contributed by atoms with E-state index in [1.54, 1.807) is 13.1 Å². The van der Waals surface area contributed by atoms with Crippen molar-refractivity contribution in [1.82, 2.24) is 30.4 Å². The number of hydrogen-bond acceptors (Lipinski definition) is 5. The van der Waals surface area contributed by atoms with Gasteiger partial charge in [-0.15, -0.1) is 0 Å². The lowest BCUT2D eigenvalue weighted by Gasteiger charge is -2.24. The van der Waals surface area contributed by atoms with Crippen LogP contribution in [0.4, 0.5) is 0 Å². The van der Waals surface area contributed by atoms with E-state index in [4.69, 9.17) is 0 Å². The van der Waals surface area contributed by atoms with E-state index in [1.807, 2.05) is 18.3 Å². The quantitative estimate of drug-likeness (QED) is 0.353. The monoisotopic (exact) mass is 456 g/mol. The fraction of sp³-hybridized carbons (Fsp3) is 0.269. The molecular weight excluding hydrogens is 428 g/mol. The van der Waals surface area contributed by atoms with Crippen LogP contribution in [0, 0.1) is 0 Å². The van der Waals surface area contributed by atoms with Gasteiger partial charge in [-0.3, -0.25) is 14.8 Å². The van der Waals surface area contributed by atoms with E-state index >= 15 is 0 Å². The molecule has 3 heterocycles. The van der Waals surface area contributed by atoms with Gasteiger partial charge in [-0.25, -0.2) is 4.98 Å². The van der Waals surface area contributed by atoms with Crippen molar-refractivity contribution in [1.29, 1.82) is 0 Å². The highest BCUT2D eigenvalue weighted by atomic mass is 16.3. The summed E-state index contributed by atoms with van der Waals surface area (Å²) in [6.07, 6.45) is 5.70.